The van der Waals surface area contributed by atoms with E-state index >= 15 is 0 Å². The average Bonchev–Trinajstić information content (AvgIpc) is 3.84. The molecule has 2 saturated heterocycles. The standard InChI is InChI=1S/C54H76N6O12/c1-28(2)27-60-22-18-54(19-23-60)57-42-39-40-47(65)34(8)50-41(39)51(67)53(9,72-50)70-24-17-36(69-11)31(5)49(71-38(62)25-37(61)55-26-35-15-20-59(10)21-16-35)33(7)46(64)32(6)45(63)29(3)13-12-14-30(4)52(68)56-44(48(40)66)43(42)58-54/h12-14,17,24,28-29,31-33,35-36,45-46,49,57,63-66H,15-16,18-23,25-27H2,1-11H3,(H,55,61)/b13-12+,24-17+,30-14-,56-44?/t29-,31+,32+,33+,36-,45-,46+,49+,53-/m0/s1. The van der Waals surface area contributed by atoms with E-state index < -0.39 is 101 Å². The third-order valence-electron chi connectivity index (χ3n) is 15.6. The van der Waals surface area contributed by atoms with Gasteiger partial charge in [-0.3, -0.25) is 24.2 Å². The van der Waals surface area contributed by atoms with Gasteiger partial charge in [-0.05, 0) is 64.7 Å². The number of aliphatic hydroxyl groups excluding tert-OH is 2. The number of fused-ring (bicyclic) bond motifs is 13. The molecule has 0 radical (unpaired) electrons. The predicted octanol–water partition coefficient (Wildman–Crippen LogP) is 4.58. The summed E-state index contributed by atoms with van der Waals surface area (Å²) in [7, 11) is 3.50. The molecule has 2 amide bonds. The maximum atomic E-state index is 14.9. The van der Waals surface area contributed by atoms with Crippen LogP contribution >= 0.6 is 0 Å². The Morgan fingerprint density at radius 3 is 2.28 bits per heavy atom. The summed E-state index contributed by atoms with van der Waals surface area (Å²) in [5, 5.41) is 54.2. The number of benzene rings is 2. The predicted molar refractivity (Wildman–Crippen MR) is 270 cm³/mol. The summed E-state index contributed by atoms with van der Waals surface area (Å²) in [6.07, 6.45) is 5.76. The second kappa shape index (κ2) is 22.0. The van der Waals surface area contributed by atoms with Gasteiger partial charge in [-0.2, -0.15) is 0 Å². The van der Waals surface area contributed by atoms with Crippen molar-refractivity contribution < 1.29 is 58.6 Å². The number of carbonyl (C=O) groups is 4. The van der Waals surface area contributed by atoms with Crippen LogP contribution in [-0.2, 0) is 28.6 Å². The Morgan fingerprint density at radius 1 is 0.944 bits per heavy atom. The number of hydrogen-bond donors (Lipinski definition) is 6. The minimum Gasteiger partial charge on any atom is -0.507 e. The highest BCUT2D eigenvalue weighted by Gasteiger charge is 2.51. The molecule has 2 aromatic carbocycles. The van der Waals surface area contributed by atoms with E-state index in [0.29, 0.717) is 50.0 Å². The van der Waals surface area contributed by atoms with E-state index in [4.69, 9.17) is 23.9 Å². The number of aromatic hydroxyl groups is 2. The van der Waals surface area contributed by atoms with Gasteiger partial charge in [0.25, 0.3) is 11.7 Å². The Labute approximate surface area is 422 Å². The first-order valence-electron chi connectivity index (χ1n) is 25.5. The number of ketones is 1. The Hall–Kier alpha value is -5.40. The second-order valence-corrected chi connectivity index (χ2v) is 21.6. The Bertz CT molecular complexity index is 2630. The van der Waals surface area contributed by atoms with Crippen molar-refractivity contribution in [1.82, 2.24) is 15.1 Å². The van der Waals surface area contributed by atoms with Crippen LogP contribution in [0.5, 0.6) is 17.2 Å². The van der Waals surface area contributed by atoms with Gasteiger partial charge in [0.15, 0.2) is 5.75 Å². The van der Waals surface area contributed by atoms with Crippen molar-refractivity contribution in [1.29, 1.82) is 0 Å². The number of anilines is 1. The van der Waals surface area contributed by atoms with Crippen LogP contribution in [0.25, 0.3) is 10.8 Å². The monoisotopic (exact) mass is 1000 g/mol. The number of hydrogen-bond acceptors (Lipinski definition) is 16. The summed E-state index contributed by atoms with van der Waals surface area (Å²) >= 11 is 0. The Kier molecular flexibility index (Phi) is 16.6. The number of carbonyl (C=O) groups excluding carboxylic acids is 4. The molecular weight excluding hydrogens is 925 g/mol. The molecule has 6 N–H and O–H groups in total. The third kappa shape index (κ3) is 11.1. The maximum absolute atomic E-state index is 14.9. The highest BCUT2D eigenvalue weighted by molar-refractivity contribution is 6.21. The summed E-state index contributed by atoms with van der Waals surface area (Å²) in [6, 6.07) is 0. The lowest BCUT2D eigenvalue weighted by Gasteiger charge is -2.38. The number of rotatable bonds is 8. The van der Waals surface area contributed by atoms with Crippen molar-refractivity contribution in [3.05, 3.63) is 58.0 Å². The van der Waals surface area contributed by atoms with E-state index in [-0.39, 0.29) is 43.9 Å². The van der Waals surface area contributed by atoms with Crippen molar-refractivity contribution >= 4 is 40.0 Å². The van der Waals surface area contributed by atoms with Gasteiger partial charge >= 0.3 is 11.8 Å². The van der Waals surface area contributed by atoms with Crippen LogP contribution in [-0.4, -0.2) is 143 Å². The molecule has 9 atom stereocenters. The number of likely N-dealkylation sites (tertiary alicyclic amines) is 2. The van der Waals surface area contributed by atoms with Crippen molar-refractivity contribution in [3.8, 4) is 17.2 Å². The zero-order valence-electron chi connectivity index (χ0n) is 43.8. The van der Waals surface area contributed by atoms with Gasteiger partial charge in [0, 0.05) is 93.2 Å². The number of Topliss-reactive ketones (excluding diaryl/α,β-unsaturated/α-hetero) is 1. The van der Waals surface area contributed by atoms with Gasteiger partial charge in [-0.1, -0.05) is 59.8 Å². The number of aliphatic hydroxyl groups is 2. The molecule has 5 bridgehead atoms. The average molecular weight is 1000 g/mol. The van der Waals surface area contributed by atoms with E-state index in [2.05, 4.69) is 46.3 Å². The van der Waals surface area contributed by atoms with Crippen LogP contribution < -0.4 is 26.1 Å². The number of nitrogens with zero attached hydrogens (tertiary/aromatic N) is 4. The maximum Gasteiger partial charge on any atom is 0.315 e. The lowest BCUT2D eigenvalue weighted by atomic mass is 9.78. The highest BCUT2D eigenvalue weighted by Crippen LogP contribution is 2.51. The van der Waals surface area contributed by atoms with Gasteiger partial charge in [0.2, 0.25) is 5.91 Å². The molecule has 394 valence electrons. The zero-order chi connectivity index (χ0) is 52.6. The normalized spacial score (nSPS) is 31.2. The fourth-order valence-corrected chi connectivity index (χ4v) is 11.0. The number of allylic oxidation sites excluding steroid dienone is 2. The Balaban J connectivity index is 1.28. The van der Waals surface area contributed by atoms with Crippen molar-refractivity contribution in [2.75, 3.05) is 58.7 Å². The smallest absolute Gasteiger partial charge is 0.315 e. The van der Waals surface area contributed by atoms with E-state index in [1.165, 1.54) is 32.4 Å². The molecule has 6 aliphatic rings. The summed E-state index contributed by atoms with van der Waals surface area (Å²) in [5.41, 5.74) is -0.228. The van der Waals surface area contributed by atoms with Gasteiger partial charge in [-0.25, -0.2) is 4.99 Å². The van der Waals surface area contributed by atoms with Crippen molar-refractivity contribution in [3.63, 3.8) is 0 Å². The minimum atomic E-state index is -2.01. The number of nitrogens with one attached hydrogen (secondary N) is 2. The lowest BCUT2D eigenvalue weighted by Crippen LogP contribution is -2.47. The molecule has 18 nitrogen and oxygen atoms in total. The summed E-state index contributed by atoms with van der Waals surface area (Å²) < 4.78 is 24.6. The second-order valence-electron chi connectivity index (χ2n) is 21.6. The van der Waals surface area contributed by atoms with Crippen LogP contribution in [0.15, 0.2) is 46.1 Å². The molecular formula is C54H76N6O12. The van der Waals surface area contributed by atoms with Crippen molar-refractivity contribution in [2.24, 2.45) is 45.5 Å². The van der Waals surface area contributed by atoms with Gasteiger partial charge < -0.3 is 59.8 Å². The molecule has 0 saturated carbocycles. The first kappa shape index (κ1) is 54.4. The number of piperidine rings is 2. The van der Waals surface area contributed by atoms with Crippen LogP contribution in [0.3, 0.4) is 0 Å². The lowest BCUT2D eigenvalue weighted by molar-refractivity contribution is -0.164. The summed E-state index contributed by atoms with van der Waals surface area (Å²) in [4.78, 5) is 69.8. The van der Waals surface area contributed by atoms with E-state index in [9.17, 15) is 39.6 Å². The van der Waals surface area contributed by atoms with Gasteiger partial charge in [0.05, 0.1) is 41.2 Å². The molecule has 8 rings (SSSR count). The van der Waals surface area contributed by atoms with E-state index in [0.717, 1.165) is 32.5 Å². The zero-order valence-corrected chi connectivity index (χ0v) is 43.8. The fourth-order valence-electron chi connectivity index (χ4n) is 11.0. The molecule has 0 aromatic heterocycles. The Morgan fingerprint density at radius 2 is 1.62 bits per heavy atom. The fraction of sp³-hybridized carbons (Fsp3) is 0.630. The van der Waals surface area contributed by atoms with Crippen LogP contribution in [0.4, 0.5) is 5.69 Å². The molecule has 18 heteroatoms. The molecule has 0 unspecified atom stereocenters. The van der Waals surface area contributed by atoms with E-state index in [1.807, 2.05) is 0 Å². The molecule has 2 aromatic rings. The van der Waals surface area contributed by atoms with Gasteiger partial charge in [0.1, 0.15) is 40.4 Å². The minimum absolute atomic E-state index is 0.0283. The molecule has 2 fully saturated rings. The quantitative estimate of drug-likeness (QED) is 0.121. The first-order valence-corrected chi connectivity index (χ1v) is 25.5. The topological polar surface area (TPSA) is 241 Å². The SMILES string of the molecule is CO[C@H]1/C=C/O[C@@]2(C)Oc3c(C)c(O)c4c(O)c(c5c(c4c3C2=O)NC2(CCN(CC(C)C)CC2)N=5)=NC(=O)/C(C)=C\C=C\[C@H](C)[C@H](O)[C@@H](C)[C@@H](O)[C@@H](C)[C@H](OC(=O)CC(=O)NCC2CCN(C)CC2)[C@@H]1C. The molecule has 6 heterocycles. The number of methoxy groups -OCH3 is 1. The largest absolute Gasteiger partial charge is 0.507 e. The molecule has 0 aliphatic carbocycles. The number of amides is 2. The third-order valence-corrected chi connectivity index (χ3v) is 15.6. The van der Waals surface area contributed by atoms with Crippen LogP contribution in [0.2, 0.25) is 0 Å². The number of phenols is 2. The summed E-state index contributed by atoms with van der Waals surface area (Å²) in [6.45, 7) is 20.4. The van der Waals surface area contributed by atoms with Crippen molar-refractivity contribution in [2.45, 2.75) is 130 Å². The van der Waals surface area contributed by atoms with Crippen LogP contribution in [0, 0.1) is 42.4 Å². The number of phenolic OH excluding ortho intramolecular Hbond substituents is 2. The molecule has 1 spiro atoms. The first-order chi connectivity index (χ1) is 34.0. The number of ether oxygens (including phenoxy) is 4. The van der Waals surface area contributed by atoms with Crippen LogP contribution in [0.1, 0.15) is 103 Å². The van der Waals surface area contributed by atoms with E-state index in [1.54, 1.807) is 53.7 Å². The summed E-state index contributed by atoms with van der Waals surface area (Å²) in [5.74, 6) is -7.62. The highest BCUT2D eigenvalue weighted by atomic mass is 16.7. The number of esters is 1. The molecule has 6 aliphatic heterocycles. The molecule has 72 heavy (non-hydrogen) atoms. The van der Waals surface area contributed by atoms with Gasteiger partial charge in [-0.15, -0.1) is 0 Å².